The molecule has 1 aromatic carbocycles. The first-order chi connectivity index (χ1) is 9.61. The van der Waals surface area contributed by atoms with Crippen LogP contribution in [0.5, 0.6) is 0 Å². The molecule has 0 unspecified atom stereocenters. The zero-order valence-electron chi connectivity index (χ0n) is 11.4. The van der Waals surface area contributed by atoms with E-state index >= 15 is 0 Å². The van der Waals surface area contributed by atoms with Crippen LogP contribution in [-0.2, 0) is 0 Å². The summed E-state index contributed by atoms with van der Waals surface area (Å²) < 4.78 is 5.19. The number of aromatic nitrogens is 1. The van der Waals surface area contributed by atoms with Crippen molar-refractivity contribution in [2.45, 2.75) is 6.92 Å². The number of amides is 1. The minimum atomic E-state index is -0.252. The highest BCUT2D eigenvalue weighted by molar-refractivity contribution is 5.92. The minimum absolute atomic E-state index is 0.218. The van der Waals surface area contributed by atoms with Crippen LogP contribution < -0.4 is 0 Å². The average Bonchev–Trinajstić information content (AvgIpc) is 2.97. The van der Waals surface area contributed by atoms with Gasteiger partial charge in [-0.15, -0.1) is 0 Å². The molecule has 1 aromatic heterocycles. The highest BCUT2D eigenvalue weighted by atomic mass is 16.5. The second-order valence-corrected chi connectivity index (χ2v) is 4.66. The van der Waals surface area contributed by atoms with Crippen molar-refractivity contribution >= 4 is 5.91 Å². The first kappa shape index (κ1) is 13.8. The van der Waals surface area contributed by atoms with E-state index in [2.05, 4.69) is 11.2 Å². The molecule has 2 rings (SSSR count). The fourth-order valence-electron chi connectivity index (χ4n) is 1.84. The zero-order valence-corrected chi connectivity index (χ0v) is 11.4. The second kappa shape index (κ2) is 6.02. The van der Waals surface area contributed by atoms with Crippen LogP contribution in [0, 0.1) is 17.2 Å². The summed E-state index contributed by atoms with van der Waals surface area (Å²) in [6.07, 6.45) is 0. The summed E-state index contributed by atoms with van der Waals surface area (Å²) in [4.78, 5) is 13.6. The lowest BCUT2D eigenvalue weighted by Gasteiger charge is -2.16. The third kappa shape index (κ3) is 3.04. The van der Waals surface area contributed by atoms with E-state index < -0.39 is 0 Å². The summed E-state index contributed by atoms with van der Waals surface area (Å²) in [5.41, 5.74) is 1.11. The van der Waals surface area contributed by atoms with Gasteiger partial charge in [0.1, 0.15) is 0 Å². The molecule has 1 heterocycles. The van der Waals surface area contributed by atoms with Gasteiger partial charge in [-0.1, -0.05) is 35.5 Å². The van der Waals surface area contributed by atoms with E-state index in [0.29, 0.717) is 12.3 Å². The Morgan fingerprint density at radius 2 is 2.15 bits per heavy atom. The molecular formula is C15H15N3O2. The van der Waals surface area contributed by atoms with Gasteiger partial charge in [0.15, 0.2) is 11.5 Å². The van der Waals surface area contributed by atoms with Crippen LogP contribution in [0.4, 0.5) is 0 Å². The molecule has 0 saturated carbocycles. The number of carbonyl (C=O) groups excluding carboxylic acids is 1. The summed E-state index contributed by atoms with van der Waals surface area (Å²) >= 11 is 0. The van der Waals surface area contributed by atoms with Gasteiger partial charge >= 0.3 is 0 Å². The standard InChI is InChI=1S/C15H15N3O2/c1-11(9-16)10-18(2)15(19)13-8-14(20-17-13)12-6-4-3-5-7-12/h3-8,11H,10H2,1-2H3/t11-/m0/s1. The van der Waals surface area contributed by atoms with Crippen LogP contribution in [0.3, 0.4) is 0 Å². The third-order valence-corrected chi connectivity index (χ3v) is 2.90. The molecule has 0 fully saturated rings. The molecule has 1 amide bonds. The minimum Gasteiger partial charge on any atom is -0.355 e. The second-order valence-electron chi connectivity index (χ2n) is 4.66. The molecule has 0 aliphatic carbocycles. The lowest BCUT2D eigenvalue weighted by atomic mass is 10.1. The molecule has 2 aromatic rings. The van der Waals surface area contributed by atoms with Gasteiger partial charge in [0.25, 0.3) is 5.91 Å². The lowest BCUT2D eigenvalue weighted by molar-refractivity contribution is 0.0775. The Balaban J connectivity index is 2.13. The van der Waals surface area contributed by atoms with Crippen LogP contribution in [0.25, 0.3) is 11.3 Å². The third-order valence-electron chi connectivity index (χ3n) is 2.90. The molecule has 20 heavy (non-hydrogen) atoms. The number of hydrogen-bond donors (Lipinski definition) is 0. The monoisotopic (exact) mass is 269 g/mol. The zero-order chi connectivity index (χ0) is 14.5. The summed E-state index contributed by atoms with van der Waals surface area (Å²) in [5, 5.41) is 12.6. The molecule has 0 aliphatic rings. The van der Waals surface area contributed by atoms with Crippen molar-refractivity contribution in [3.05, 3.63) is 42.1 Å². The maximum absolute atomic E-state index is 12.1. The van der Waals surface area contributed by atoms with E-state index in [0.717, 1.165) is 5.56 Å². The van der Waals surface area contributed by atoms with Crippen molar-refractivity contribution in [3.63, 3.8) is 0 Å². The lowest BCUT2D eigenvalue weighted by Crippen LogP contribution is -2.30. The van der Waals surface area contributed by atoms with Crippen molar-refractivity contribution in [1.29, 1.82) is 5.26 Å². The fraction of sp³-hybridized carbons (Fsp3) is 0.267. The number of benzene rings is 1. The number of carbonyl (C=O) groups is 1. The number of rotatable bonds is 4. The summed E-state index contributed by atoms with van der Waals surface area (Å²) in [7, 11) is 1.65. The molecule has 0 aliphatic heterocycles. The molecule has 0 saturated heterocycles. The normalized spacial score (nSPS) is 11.7. The Morgan fingerprint density at radius 3 is 2.80 bits per heavy atom. The average molecular weight is 269 g/mol. The number of nitrogens with zero attached hydrogens (tertiary/aromatic N) is 3. The number of nitriles is 1. The Kier molecular flexibility index (Phi) is 4.16. The molecule has 0 bridgehead atoms. The first-order valence-corrected chi connectivity index (χ1v) is 6.29. The van der Waals surface area contributed by atoms with Gasteiger partial charge < -0.3 is 9.42 Å². The van der Waals surface area contributed by atoms with E-state index in [1.165, 1.54) is 4.90 Å². The van der Waals surface area contributed by atoms with Crippen LogP contribution >= 0.6 is 0 Å². The van der Waals surface area contributed by atoms with Gasteiger partial charge in [0.05, 0.1) is 12.0 Å². The number of hydrogen-bond acceptors (Lipinski definition) is 4. The van der Waals surface area contributed by atoms with E-state index in [4.69, 9.17) is 9.78 Å². The maximum atomic E-state index is 12.1. The van der Waals surface area contributed by atoms with E-state index in [9.17, 15) is 4.79 Å². The Bertz CT molecular complexity index is 628. The fourth-order valence-corrected chi connectivity index (χ4v) is 1.84. The largest absolute Gasteiger partial charge is 0.355 e. The van der Waals surface area contributed by atoms with E-state index in [-0.39, 0.29) is 17.5 Å². The van der Waals surface area contributed by atoms with Crippen LogP contribution in [-0.4, -0.2) is 29.6 Å². The van der Waals surface area contributed by atoms with Crippen molar-refractivity contribution < 1.29 is 9.32 Å². The van der Waals surface area contributed by atoms with Crippen molar-refractivity contribution in [3.8, 4) is 17.4 Å². The predicted molar refractivity (Wildman–Crippen MR) is 73.7 cm³/mol. The topological polar surface area (TPSA) is 70.1 Å². The molecule has 5 nitrogen and oxygen atoms in total. The van der Waals surface area contributed by atoms with Crippen LogP contribution in [0.15, 0.2) is 40.9 Å². The Labute approximate surface area is 117 Å². The van der Waals surface area contributed by atoms with Gasteiger partial charge in [-0.05, 0) is 6.92 Å². The molecule has 0 radical (unpaired) electrons. The quantitative estimate of drug-likeness (QED) is 0.855. The van der Waals surface area contributed by atoms with Gasteiger partial charge in [-0.3, -0.25) is 4.79 Å². The highest BCUT2D eigenvalue weighted by Crippen LogP contribution is 2.20. The van der Waals surface area contributed by atoms with Crippen LogP contribution in [0.1, 0.15) is 17.4 Å². The Hall–Kier alpha value is -2.61. The first-order valence-electron chi connectivity index (χ1n) is 6.29. The van der Waals surface area contributed by atoms with Gasteiger partial charge in [-0.25, -0.2) is 0 Å². The SMILES string of the molecule is C[C@@H](C#N)CN(C)C(=O)c1cc(-c2ccccc2)on1. The molecular weight excluding hydrogens is 254 g/mol. The van der Waals surface area contributed by atoms with Crippen molar-refractivity contribution in [1.82, 2.24) is 10.1 Å². The van der Waals surface area contributed by atoms with E-state index in [1.807, 2.05) is 30.3 Å². The molecule has 0 spiro atoms. The van der Waals surface area contributed by atoms with E-state index in [1.54, 1.807) is 20.0 Å². The van der Waals surface area contributed by atoms with Gasteiger partial charge in [0, 0.05) is 25.2 Å². The molecule has 102 valence electrons. The van der Waals surface area contributed by atoms with Crippen molar-refractivity contribution in [2.24, 2.45) is 5.92 Å². The van der Waals surface area contributed by atoms with Gasteiger partial charge in [-0.2, -0.15) is 5.26 Å². The molecule has 1 atom stereocenters. The van der Waals surface area contributed by atoms with Gasteiger partial charge in [0.2, 0.25) is 0 Å². The molecule has 0 N–H and O–H groups in total. The molecule has 5 heteroatoms. The summed E-state index contributed by atoms with van der Waals surface area (Å²) in [5.74, 6) is 0.0816. The summed E-state index contributed by atoms with van der Waals surface area (Å²) in [6, 6.07) is 13.2. The van der Waals surface area contributed by atoms with Crippen LogP contribution in [0.2, 0.25) is 0 Å². The summed E-state index contributed by atoms with van der Waals surface area (Å²) in [6.45, 7) is 2.13. The predicted octanol–water partition coefficient (Wildman–Crippen LogP) is 2.57. The maximum Gasteiger partial charge on any atom is 0.275 e. The highest BCUT2D eigenvalue weighted by Gasteiger charge is 2.18. The smallest absolute Gasteiger partial charge is 0.275 e. The Morgan fingerprint density at radius 1 is 1.45 bits per heavy atom. The van der Waals surface area contributed by atoms with Crippen molar-refractivity contribution in [2.75, 3.05) is 13.6 Å².